The van der Waals surface area contributed by atoms with E-state index in [1.165, 1.54) is 9.80 Å². The Hall–Kier alpha value is -4.29. The van der Waals surface area contributed by atoms with Crippen molar-refractivity contribution >= 4 is 46.6 Å². The summed E-state index contributed by atoms with van der Waals surface area (Å²) in [5.74, 6) is -0.870. The lowest BCUT2D eigenvalue weighted by Gasteiger charge is -2.36. The summed E-state index contributed by atoms with van der Waals surface area (Å²) in [6.07, 6.45) is 1.71. The van der Waals surface area contributed by atoms with Gasteiger partial charge in [0.15, 0.2) is 5.11 Å². The summed E-state index contributed by atoms with van der Waals surface area (Å²) in [6, 6.07) is 23.2. The molecule has 5 rings (SSSR count). The summed E-state index contributed by atoms with van der Waals surface area (Å²) in [7, 11) is 0. The number of anilines is 2. The molecule has 4 aromatic rings. The van der Waals surface area contributed by atoms with Crippen LogP contribution in [0.2, 0.25) is 0 Å². The zero-order valence-electron chi connectivity index (χ0n) is 23.1. The number of carbonyl (C=O) groups excluding carboxylic acids is 2. The molecule has 0 radical (unpaired) electrons. The lowest BCUT2D eigenvalue weighted by atomic mass is 10.0. The number of hydrogen-bond donors (Lipinski definition) is 0. The predicted octanol–water partition coefficient (Wildman–Crippen LogP) is 7.08. The molecular formula is C33H31N3O2S. The van der Waals surface area contributed by atoms with Crippen LogP contribution in [0.3, 0.4) is 0 Å². The van der Waals surface area contributed by atoms with Crippen LogP contribution in [0.4, 0.5) is 11.4 Å². The molecule has 39 heavy (non-hydrogen) atoms. The van der Waals surface area contributed by atoms with Crippen molar-refractivity contribution in [2.75, 3.05) is 9.80 Å². The second kappa shape index (κ2) is 10.1. The Balaban J connectivity index is 1.69. The molecule has 1 aromatic heterocycles. The molecule has 6 heteroatoms. The van der Waals surface area contributed by atoms with E-state index < -0.39 is 11.8 Å². The van der Waals surface area contributed by atoms with E-state index >= 15 is 0 Å². The van der Waals surface area contributed by atoms with E-state index in [0.29, 0.717) is 11.4 Å². The van der Waals surface area contributed by atoms with Gasteiger partial charge in [0.25, 0.3) is 11.8 Å². The Kier molecular flexibility index (Phi) is 6.83. The largest absolute Gasteiger partial charge is 0.317 e. The number of aryl methyl sites for hydroxylation is 5. The first-order chi connectivity index (χ1) is 18.6. The van der Waals surface area contributed by atoms with E-state index in [0.717, 1.165) is 44.9 Å². The maximum absolute atomic E-state index is 14.0. The molecule has 0 atom stereocenters. The summed E-state index contributed by atoms with van der Waals surface area (Å²) in [5.41, 5.74) is 9.67. The molecule has 5 nitrogen and oxygen atoms in total. The molecule has 1 aliphatic heterocycles. The third-order valence-electron chi connectivity index (χ3n) is 7.45. The lowest BCUT2D eigenvalue weighted by Crippen LogP contribution is -2.57. The molecule has 2 heterocycles. The highest BCUT2D eigenvalue weighted by Gasteiger charge is 2.41. The van der Waals surface area contributed by atoms with Crippen molar-refractivity contribution in [2.45, 2.75) is 41.5 Å². The van der Waals surface area contributed by atoms with E-state index in [1.54, 1.807) is 6.08 Å². The SMILES string of the molecule is Cc1ccc(N2C(=O)/C(=C/c3cc(C)n(-c4c(C)cccc4C)c3C)C(=O)N(c3ccccc3)C2=S)cc1C. The van der Waals surface area contributed by atoms with Gasteiger partial charge >= 0.3 is 0 Å². The molecule has 0 aliphatic carbocycles. The van der Waals surface area contributed by atoms with Crippen molar-refractivity contribution in [1.82, 2.24) is 4.57 Å². The number of carbonyl (C=O) groups is 2. The van der Waals surface area contributed by atoms with E-state index in [9.17, 15) is 9.59 Å². The van der Waals surface area contributed by atoms with Crippen LogP contribution in [0.25, 0.3) is 11.8 Å². The fraction of sp³-hybridized carbons (Fsp3) is 0.182. The molecular weight excluding hydrogens is 502 g/mol. The van der Waals surface area contributed by atoms with Crippen molar-refractivity contribution < 1.29 is 9.59 Å². The third-order valence-corrected chi connectivity index (χ3v) is 7.81. The van der Waals surface area contributed by atoms with Crippen molar-refractivity contribution in [3.05, 3.63) is 118 Å². The minimum Gasteiger partial charge on any atom is -0.317 e. The molecule has 1 fully saturated rings. The van der Waals surface area contributed by atoms with E-state index in [2.05, 4.69) is 30.5 Å². The fourth-order valence-electron chi connectivity index (χ4n) is 5.22. The third kappa shape index (κ3) is 4.51. The number of thiocarbonyl (C=S) groups is 1. The van der Waals surface area contributed by atoms with Gasteiger partial charge in [0.05, 0.1) is 17.1 Å². The Morgan fingerprint density at radius 3 is 1.87 bits per heavy atom. The molecule has 196 valence electrons. The minimum atomic E-state index is -0.437. The molecule has 3 aromatic carbocycles. The van der Waals surface area contributed by atoms with Gasteiger partial charge in [-0.15, -0.1) is 0 Å². The van der Waals surface area contributed by atoms with Crippen LogP contribution in [-0.4, -0.2) is 21.5 Å². The van der Waals surface area contributed by atoms with E-state index in [4.69, 9.17) is 12.2 Å². The zero-order chi connectivity index (χ0) is 28.0. The van der Waals surface area contributed by atoms with Gasteiger partial charge < -0.3 is 4.57 Å². The van der Waals surface area contributed by atoms with E-state index in [-0.39, 0.29) is 10.7 Å². The highest BCUT2D eigenvalue weighted by Crippen LogP contribution is 2.32. The van der Waals surface area contributed by atoms with Crippen LogP contribution in [-0.2, 0) is 9.59 Å². The van der Waals surface area contributed by atoms with Gasteiger partial charge in [-0.3, -0.25) is 19.4 Å². The molecule has 0 N–H and O–H groups in total. The number of rotatable bonds is 4. The summed E-state index contributed by atoms with van der Waals surface area (Å²) in [5, 5.41) is 0.137. The Bertz CT molecular complexity index is 1660. The van der Waals surface area contributed by atoms with Crippen LogP contribution in [0.1, 0.15) is 39.2 Å². The van der Waals surface area contributed by atoms with Crippen LogP contribution >= 0.6 is 12.2 Å². The summed E-state index contributed by atoms with van der Waals surface area (Å²) >= 11 is 5.78. The van der Waals surface area contributed by atoms with Crippen LogP contribution in [0.5, 0.6) is 0 Å². The highest BCUT2D eigenvalue weighted by atomic mass is 32.1. The number of amides is 2. The van der Waals surface area contributed by atoms with Crippen molar-refractivity contribution in [2.24, 2.45) is 0 Å². The maximum atomic E-state index is 14.0. The number of benzene rings is 3. The fourth-order valence-corrected chi connectivity index (χ4v) is 5.60. The Morgan fingerprint density at radius 1 is 0.641 bits per heavy atom. The highest BCUT2D eigenvalue weighted by molar-refractivity contribution is 7.81. The number of nitrogens with zero attached hydrogens (tertiary/aromatic N) is 3. The quantitative estimate of drug-likeness (QED) is 0.160. The van der Waals surface area contributed by atoms with Gasteiger partial charge in [-0.05, 0) is 118 Å². The number of para-hydroxylation sites is 2. The zero-order valence-corrected chi connectivity index (χ0v) is 23.9. The second-order valence-corrected chi connectivity index (χ2v) is 10.5. The van der Waals surface area contributed by atoms with Gasteiger partial charge in [0.1, 0.15) is 5.57 Å². The van der Waals surface area contributed by atoms with Gasteiger partial charge in [0, 0.05) is 11.4 Å². The molecule has 0 bridgehead atoms. The predicted molar refractivity (Wildman–Crippen MR) is 163 cm³/mol. The summed E-state index contributed by atoms with van der Waals surface area (Å²) in [6.45, 7) is 12.3. The molecule has 0 spiro atoms. The number of hydrogen-bond acceptors (Lipinski definition) is 3. The van der Waals surface area contributed by atoms with Crippen LogP contribution in [0.15, 0.2) is 78.4 Å². The minimum absolute atomic E-state index is 0.0624. The average molecular weight is 534 g/mol. The standard InChI is InChI=1S/C33H31N3O2S/c1-20-15-16-28(17-23(20)4)36-32(38)29(31(37)35(33(36)39)27-13-8-7-9-14-27)19-26-18-24(5)34(25(26)6)30-21(2)11-10-12-22(30)3/h7-19H,1-6H3/b29-19+. The maximum Gasteiger partial charge on any atom is 0.270 e. The first kappa shape index (κ1) is 26.3. The van der Waals surface area contributed by atoms with Crippen LogP contribution in [0, 0.1) is 41.5 Å². The normalized spacial score (nSPS) is 15.0. The first-order valence-electron chi connectivity index (χ1n) is 12.9. The topological polar surface area (TPSA) is 45.6 Å². The Morgan fingerprint density at radius 2 is 1.26 bits per heavy atom. The smallest absolute Gasteiger partial charge is 0.270 e. The van der Waals surface area contributed by atoms with E-state index in [1.807, 2.05) is 88.4 Å². The van der Waals surface area contributed by atoms with Crippen molar-refractivity contribution in [1.29, 1.82) is 0 Å². The average Bonchev–Trinajstić information content (AvgIpc) is 3.17. The molecule has 1 aliphatic rings. The molecule has 1 saturated heterocycles. The second-order valence-electron chi connectivity index (χ2n) is 10.1. The van der Waals surface area contributed by atoms with Crippen molar-refractivity contribution in [3.63, 3.8) is 0 Å². The summed E-state index contributed by atoms with van der Waals surface area (Å²) < 4.78 is 2.19. The summed E-state index contributed by atoms with van der Waals surface area (Å²) in [4.78, 5) is 30.9. The van der Waals surface area contributed by atoms with Gasteiger partial charge in [-0.1, -0.05) is 42.5 Å². The lowest BCUT2D eigenvalue weighted by molar-refractivity contribution is -0.120. The Labute approximate surface area is 235 Å². The van der Waals surface area contributed by atoms with Crippen molar-refractivity contribution in [3.8, 4) is 5.69 Å². The van der Waals surface area contributed by atoms with Gasteiger partial charge in [0.2, 0.25) is 0 Å². The van der Waals surface area contributed by atoms with Gasteiger partial charge in [-0.2, -0.15) is 0 Å². The first-order valence-corrected chi connectivity index (χ1v) is 13.3. The molecule has 0 saturated carbocycles. The molecule has 0 unspecified atom stereocenters. The monoisotopic (exact) mass is 533 g/mol. The van der Waals surface area contributed by atoms with Gasteiger partial charge in [-0.25, -0.2) is 0 Å². The molecule has 2 amide bonds. The van der Waals surface area contributed by atoms with Crippen LogP contribution < -0.4 is 9.80 Å². The number of aromatic nitrogens is 1.